The molecule has 0 N–H and O–H groups in total. The van der Waals surface area contributed by atoms with Crippen molar-refractivity contribution in [1.82, 2.24) is 9.55 Å². The Morgan fingerprint density at radius 1 is 1.13 bits per heavy atom. The van der Waals surface area contributed by atoms with E-state index in [0.717, 1.165) is 39.9 Å². The van der Waals surface area contributed by atoms with E-state index in [1.54, 1.807) is 4.57 Å². The summed E-state index contributed by atoms with van der Waals surface area (Å²) < 4.78 is 7.60. The first-order valence-electron chi connectivity index (χ1n) is 7.93. The Morgan fingerprint density at radius 3 is 2.65 bits per heavy atom. The monoisotopic (exact) mass is 306 g/mol. The maximum Gasteiger partial charge on any atom is 0.348 e. The van der Waals surface area contributed by atoms with E-state index < -0.39 is 0 Å². The van der Waals surface area contributed by atoms with Crippen LogP contribution in [0.1, 0.15) is 25.5 Å². The minimum absolute atomic E-state index is 0.0259. The Kier molecular flexibility index (Phi) is 3.18. The summed E-state index contributed by atoms with van der Waals surface area (Å²) in [6, 6.07) is 14.0. The van der Waals surface area contributed by atoms with E-state index in [9.17, 15) is 4.79 Å². The van der Waals surface area contributed by atoms with E-state index in [4.69, 9.17) is 4.74 Å². The minimum atomic E-state index is -0.227. The van der Waals surface area contributed by atoms with Crippen molar-refractivity contribution in [1.29, 1.82) is 0 Å². The summed E-state index contributed by atoms with van der Waals surface area (Å²) in [4.78, 5) is 17.0. The second kappa shape index (κ2) is 5.23. The molecule has 0 unspecified atom stereocenters. The van der Waals surface area contributed by atoms with Gasteiger partial charge in [0.05, 0.1) is 17.8 Å². The maximum absolute atomic E-state index is 12.7. The molecule has 1 aromatic heterocycles. The van der Waals surface area contributed by atoms with Crippen LogP contribution in [0, 0.1) is 0 Å². The van der Waals surface area contributed by atoms with Gasteiger partial charge in [0.15, 0.2) is 0 Å². The second-order valence-corrected chi connectivity index (χ2v) is 6.12. The molecule has 4 rings (SSSR count). The second-order valence-electron chi connectivity index (χ2n) is 6.12. The molecule has 2 heterocycles. The Morgan fingerprint density at radius 2 is 1.91 bits per heavy atom. The standard InChI is InChI=1S/C19H18N2O2/c1-12(2)21-17-15(9-8-14-10-11-23-18(14)17)16(20-19(21)22)13-6-4-3-5-7-13/h3-9,12H,10-11H2,1-2H3. The highest BCUT2D eigenvalue weighted by molar-refractivity contribution is 5.96. The minimum Gasteiger partial charge on any atom is -0.491 e. The summed E-state index contributed by atoms with van der Waals surface area (Å²) in [6.45, 7) is 4.67. The number of hydrogen-bond acceptors (Lipinski definition) is 3. The van der Waals surface area contributed by atoms with Gasteiger partial charge in [-0.15, -0.1) is 0 Å². The van der Waals surface area contributed by atoms with Crippen molar-refractivity contribution in [2.24, 2.45) is 0 Å². The lowest BCUT2D eigenvalue weighted by Crippen LogP contribution is -2.26. The molecule has 0 atom stereocenters. The molecular weight excluding hydrogens is 288 g/mol. The van der Waals surface area contributed by atoms with Gasteiger partial charge >= 0.3 is 5.69 Å². The number of hydrogen-bond donors (Lipinski definition) is 0. The molecule has 116 valence electrons. The highest BCUT2D eigenvalue weighted by Gasteiger charge is 2.22. The molecule has 23 heavy (non-hydrogen) atoms. The molecule has 0 bridgehead atoms. The van der Waals surface area contributed by atoms with E-state index in [1.807, 2.05) is 44.2 Å². The summed E-state index contributed by atoms with van der Waals surface area (Å²) in [6.07, 6.45) is 0.889. The summed E-state index contributed by atoms with van der Waals surface area (Å²) in [5, 5.41) is 0.963. The van der Waals surface area contributed by atoms with Crippen molar-refractivity contribution < 1.29 is 4.74 Å². The number of nitrogens with zero attached hydrogens (tertiary/aromatic N) is 2. The SMILES string of the molecule is CC(C)n1c(=O)nc(-c2ccccc2)c2ccc3c(c21)OCC3. The number of aromatic nitrogens is 2. The first kappa shape index (κ1) is 14.0. The lowest BCUT2D eigenvalue weighted by Gasteiger charge is -2.17. The van der Waals surface area contributed by atoms with Crippen LogP contribution >= 0.6 is 0 Å². The van der Waals surface area contributed by atoms with Crippen LogP contribution in [0.2, 0.25) is 0 Å². The van der Waals surface area contributed by atoms with Gasteiger partial charge in [-0.2, -0.15) is 4.98 Å². The van der Waals surface area contributed by atoms with Crippen LogP contribution in [-0.2, 0) is 6.42 Å². The van der Waals surface area contributed by atoms with Gasteiger partial charge in [-0.05, 0) is 19.4 Å². The zero-order valence-electron chi connectivity index (χ0n) is 13.2. The van der Waals surface area contributed by atoms with Gasteiger partial charge in [-0.1, -0.05) is 42.5 Å². The van der Waals surface area contributed by atoms with Crippen molar-refractivity contribution >= 4 is 10.9 Å². The molecule has 1 aliphatic rings. The number of ether oxygens (including phenoxy) is 1. The zero-order chi connectivity index (χ0) is 16.0. The number of rotatable bonds is 2. The van der Waals surface area contributed by atoms with Crippen LogP contribution in [-0.4, -0.2) is 16.2 Å². The van der Waals surface area contributed by atoms with Crippen molar-refractivity contribution in [2.75, 3.05) is 6.61 Å². The van der Waals surface area contributed by atoms with Crippen LogP contribution in [0.15, 0.2) is 47.3 Å². The molecule has 0 amide bonds. The number of benzene rings is 2. The largest absolute Gasteiger partial charge is 0.491 e. The molecule has 0 saturated heterocycles. The third kappa shape index (κ3) is 2.13. The Bertz CT molecular complexity index is 943. The lowest BCUT2D eigenvalue weighted by molar-refractivity contribution is 0.357. The average molecular weight is 306 g/mol. The van der Waals surface area contributed by atoms with Crippen LogP contribution < -0.4 is 10.4 Å². The molecule has 0 spiro atoms. The van der Waals surface area contributed by atoms with Crippen LogP contribution in [0.25, 0.3) is 22.2 Å². The molecule has 0 radical (unpaired) electrons. The van der Waals surface area contributed by atoms with E-state index in [0.29, 0.717) is 6.61 Å². The molecule has 4 nitrogen and oxygen atoms in total. The first-order valence-corrected chi connectivity index (χ1v) is 7.93. The topological polar surface area (TPSA) is 44.1 Å². The van der Waals surface area contributed by atoms with E-state index >= 15 is 0 Å². The van der Waals surface area contributed by atoms with Crippen LogP contribution in [0.5, 0.6) is 5.75 Å². The van der Waals surface area contributed by atoms with Gasteiger partial charge in [0, 0.05) is 23.4 Å². The predicted octanol–water partition coefficient (Wildman–Crippen LogP) is 3.58. The molecule has 4 heteroatoms. The van der Waals surface area contributed by atoms with Gasteiger partial charge in [-0.25, -0.2) is 4.79 Å². The van der Waals surface area contributed by atoms with E-state index in [-0.39, 0.29) is 11.7 Å². The molecule has 0 fully saturated rings. The fraction of sp³-hybridized carbons (Fsp3) is 0.263. The van der Waals surface area contributed by atoms with Gasteiger partial charge in [0.2, 0.25) is 0 Å². The van der Waals surface area contributed by atoms with E-state index in [1.165, 1.54) is 0 Å². The zero-order valence-corrected chi connectivity index (χ0v) is 13.2. The van der Waals surface area contributed by atoms with Gasteiger partial charge in [-0.3, -0.25) is 4.57 Å². The highest BCUT2D eigenvalue weighted by atomic mass is 16.5. The van der Waals surface area contributed by atoms with Crippen molar-refractivity contribution in [3.05, 3.63) is 58.5 Å². The average Bonchev–Trinajstić information content (AvgIpc) is 3.03. The predicted molar refractivity (Wildman–Crippen MR) is 91.0 cm³/mol. The fourth-order valence-electron chi connectivity index (χ4n) is 3.26. The molecule has 0 saturated carbocycles. The quantitative estimate of drug-likeness (QED) is 0.727. The fourth-order valence-corrected chi connectivity index (χ4v) is 3.26. The number of fused-ring (bicyclic) bond motifs is 3. The van der Waals surface area contributed by atoms with Gasteiger partial charge in [0.25, 0.3) is 0 Å². The summed E-state index contributed by atoms with van der Waals surface area (Å²) >= 11 is 0. The van der Waals surface area contributed by atoms with Crippen molar-refractivity contribution in [3.8, 4) is 17.0 Å². The third-order valence-corrected chi connectivity index (χ3v) is 4.30. The molecule has 0 aliphatic carbocycles. The summed E-state index contributed by atoms with van der Waals surface area (Å²) in [7, 11) is 0. The smallest absolute Gasteiger partial charge is 0.348 e. The molecule has 3 aromatic rings. The molecule has 1 aliphatic heterocycles. The van der Waals surface area contributed by atoms with Crippen molar-refractivity contribution in [3.63, 3.8) is 0 Å². The van der Waals surface area contributed by atoms with E-state index in [2.05, 4.69) is 17.1 Å². The highest BCUT2D eigenvalue weighted by Crippen LogP contribution is 2.37. The van der Waals surface area contributed by atoms with Gasteiger partial charge in [0.1, 0.15) is 5.75 Å². The van der Waals surface area contributed by atoms with Crippen molar-refractivity contribution in [2.45, 2.75) is 26.3 Å². The lowest BCUT2D eigenvalue weighted by atomic mass is 10.0. The maximum atomic E-state index is 12.7. The third-order valence-electron chi connectivity index (χ3n) is 4.30. The van der Waals surface area contributed by atoms with Crippen LogP contribution in [0.4, 0.5) is 0 Å². The Balaban J connectivity index is 2.16. The normalized spacial score (nSPS) is 13.3. The Labute approximate surface area is 134 Å². The summed E-state index contributed by atoms with van der Waals surface area (Å²) in [5.74, 6) is 0.841. The van der Waals surface area contributed by atoms with Gasteiger partial charge < -0.3 is 4.74 Å². The Hall–Kier alpha value is -2.62. The first-order chi connectivity index (χ1) is 11.2. The molecule has 2 aromatic carbocycles. The summed E-state index contributed by atoms with van der Waals surface area (Å²) in [5.41, 5.74) is 3.48. The van der Waals surface area contributed by atoms with Crippen LogP contribution in [0.3, 0.4) is 0 Å². The molecular formula is C19H18N2O2.